The van der Waals surface area contributed by atoms with Crippen molar-refractivity contribution in [1.82, 2.24) is 5.32 Å². The lowest BCUT2D eigenvalue weighted by Gasteiger charge is -2.45. The van der Waals surface area contributed by atoms with Crippen LogP contribution >= 0.6 is 0 Å². The molecule has 0 saturated carbocycles. The Bertz CT molecular complexity index is 532. The fourth-order valence-electron chi connectivity index (χ4n) is 3.25. The lowest BCUT2D eigenvalue weighted by atomic mass is 9.89. The van der Waals surface area contributed by atoms with Gasteiger partial charge in [0.2, 0.25) is 5.91 Å². The Kier molecular flexibility index (Phi) is 10.6. The number of ketones is 1. The summed E-state index contributed by atoms with van der Waals surface area (Å²) in [5.74, 6) is -2.51. The van der Waals surface area contributed by atoms with Crippen molar-refractivity contribution < 1.29 is 39.9 Å². The van der Waals surface area contributed by atoms with Gasteiger partial charge in [0.1, 0.15) is 24.4 Å². The molecule has 170 valence electrons. The van der Waals surface area contributed by atoms with E-state index in [1.54, 1.807) is 6.92 Å². The van der Waals surface area contributed by atoms with Crippen LogP contribution in [-0.4, -0.2) is 86.1 Å². The van der Waals surface area contributed by atoms with E-state index in [1.165, 1.54) is 6.92 Å². The van der Waals surface area contributed by atoms with Gasteiger partial charge >= 0.3 is 0 Å². The average Bonchev–Trinajstić information content (AvgIpc) is 2.68. The van der Waals surface area contributed by atoms with Crippen molar-refractivity contribution in [3.05, 3.63) is 0 Å². The van der Waals surface area contributed by atoms with Crippen LogP contribution in [0.5, 0.6) is 0 Å². The summed E-state index contributed by atoms with van der Waals surface area (Å²) in [6, 6.07) is -1.23. The van der Waals surface area contributed by atoms with Crippen molar-refractivity contribution in [3.8, 4) is 0 Å². The molecular weight excluding hydrogens is 384 g/mol. The number of nitrogens with one attached hydrogen (secondary N) is 1. The van der Waals surface area contributed by atoms with Crippen LogP contribution in [-0.2, 0) is 14.3 Å². The maximum Gasteiger partial charge on any atom is 0.237 e. The summed E-state index contributed by atoms with van der Waals surface area (Å²) in [6.07, 6.45) is -1.84. The molecule has 0 radical (unpaired) electrons. The number of aliphatic hydroxyl groups excluding tert-OH is 4. The SMILES string of the molecule is CC(=O)[C@H](C)NC(=O)[C@@H](N)CCCCCCC[C@]1(O)O[C@H](CO)[C@H](O)[C@H](O)[C@H]1O. The van der Waals surface area contributed by atoms with Gasteiger partial charge < -0.3 is 41.3 Å². The summed E-state index contributed by atoms with van der Waals surface area (Å²) in [5, 5.41) is 51.7. The molecule has 10 nitrogen and oxygen atoms in total. The van der Waals surface area contributed by atoms with E-state index in [2.05, 4.69) is 5.32 Å². The van der Waals surface area contributed by atoms with E-state index in [1.807, 2.05) is 0 Å². The molecule has 0 aromatic heterocycles. The van der Waals surface area contributed by atoms with Crippen molar-refractivity contribution in [2.45, 2.75) is 101 Å². The minimum Gasteiger partial charge on any atom is -0.394 e. The lowest BCUT2D eigenvalue weighted by Crippen LogP contribution is -2.65. The Balaban J connectivity index is 2.25. The van der Waals surface area contributed by atoms with Crippen LogP contribution in [0.15, 0.2) is 0 Å². The van der Waals surface area contributed by atoms with E-state index in [0.717, 1.165) is 19.3 Å². The second kappa shape index (κ2) is 11.9. The number of aliphatic hydroxyl groups is 5. The molecule has 1 saturated heterocycles. The number of hydrogen-bond donors (Lipinski definition) is 7. The number of amides is 1. The minimum absolute atomic E-state index is 0.0410. The third kappa shape index (κ3) is 7.56. The second-order valence-corrected chi connectivity index (χ2v) is 7.86. The first-order valence-corrected chi connectivity index (χ1v) is 10.1. The topological polar surface area (TPSA) is 183 Å². The first kappa shape index (κ1) is 25.9. The molecule has 1 heterocycles. The van der Waals surface area contributed by atoms with Crippen molar-refractivity contribution in [2.75, 3.05) is 6.61 Å². The molecular formula is C19H36N2O8. The first-order valence-electron chi connectivity index (χ1n) is 10.1. The van der Waals surface area contributed by atoms with Gasteiger partial charge in [0.15, 0.2) is 11.6 Å². The molecule has 10 heteroatoms. The van der Waals surface area contributed by atoms with Gasteiger partial charge in [-0.2, -0.15) is 0 Å². The average molecular weight is 421 g/mol. The zero-order valence-electron chi connectivity index (χ0n) is 17.2. The van der Waals surface area contributed by atoms with Crippen LogP contribution in [0.25, 0.3) is 0 Å². The van der Waals surface area contributed by atoms with E-state index in [9.17, 15) is 35.1 Å². The maximum absolute atomic E-state index is 11.9. The summed E-state index contributed by atoms with van der Waals surface area (Å²) >= 11 is 0. The van der Waals surface area contributed by atoms with Crippen LogP contribution < -0.4 is 11.1 Å². The fourth-order valence-corrected chi connectivity index (χ4v) is 3.25. The first-order chi connectivity index (χ1) is 13.5. The van der Waals surface area contributed by atoms with Gasteiger partial charge in [-0.3, -0.25) is 9.59 Å². The quantitative estimate of drug-likeness (QED) is 0.181. The van der Waals surface area contributed by atoms with Gasteiger partial charge in [-0.05, 0) is 26.7 Å². The molecule has 1 aliphatic rings. The largest absolute Gasteiger partial charge is 0.394 e. The van der Waals surface area contributed by atoms with Crippen molar-refractivity contribution in [2.24, 2.45) is 5.73 Å². The smallest absolute Gasteiger partial charge is 0.237 e. The van der Waals surface area contributed by atoms with Crippen LogP contribution in [0.2, 0.25) is 0 Å². The van der Waals surface area contributed by atoms with Crippen molar-refractivity contribution in [1.29, 1.82) is 0 Å². The zero-order chi connectivity index (χ0) is 22.2. The Morgan fingerprint density at radius 2 is 1.69 bits per heavy atom. The van der Waals surface area contributed by atoms with E-state index < -0.39 is 48.9 Å². The molecule has 1 amide bonds. The number of ether oxygens (including phenoxy) is 1. The number of unbranched alkanes of at least 4 members (excludes halogenated alkanes) is 4. The van der Waals surface area contributed by atoms with Gasteiger partial charge in [-0.25, -0.2) is 0 Å². The lowest BCUT2D eigenvalue weighted by molar-refractivity contribution is -0.351. The molecule has 0 aromatic rings. The third-order valence-electron chi connectivity index (χ3n) is 5.41. The molecule has 0 bridgehead atoms. The molecule has 1 rings (SSSR count). The van der Waals surface area contributed by atoms with Gasteiger partial charge in [-0.1, -0.05) is 25.7 Å². The third-order valence-corrected chi connectivity index (χ3v) is 5.41. The highest BCUT2D eigenvalue weighted by atomic mass is 16.7. The summed E-state index contributed by atoms with van der Waals surface area (Å²) in [7, 11) is 0. The van der Waals surface area contributed by atoms with Crippen LogP contribution in [0, 0.1) is 0 Å². The highest BCUT2D eigenvalue weighted by molar-refractivity contribution is 5.89. The van der Waals surface area contributed by atoms with E-state index in [-0.39, 0.29) is 18.1 Å². The van der Waals surface area contributed by atoms with E-state index in [0.29, 0.717) is 19.3 Å². The number of rotatable bonds is 12. The van der Waals surface area contributed by atoms with Gasteiger partial charge in [0.25, 0.3) is 0 Å². The molecule has 1 fully saturated rings. The van der Waals surface area contributed by atoms with Crippen LogP contribution in [0.1, 0.15) is 58.8 Å². The highest BCUT2D eigenvalue weighted by Gasteiger charge is 2.51. The Labute approximate surface area is 171 Å². The fraction of sp³-hybridized carbons (Fsp3) is 0.895. The molecule has 0 spiro atoms. The van der Waals surface area contributed by atoms with Gasteiger partial charge in [-0.15, -0.1) is 0 Å². The molecule has 0 unspecified atom stereocenters. The van der Waals surface area contributed by atoms with E-state index >= 15 is 0 Å². The van der Waals surface area contributed by atoms with E-state index in [4.69, 9.17) is 10.5 Å². The van der Waals surface area contributed by atoms with Crippen molar-refractivity contribution >= 4 is 11.7 Å². The molecule has 1 aliphatic heterocycles. The number of hydrogen-bond acceptors (Lipinski definition) is 9. The number of Topliss-reactive ketones (excluding diaryl/α,β-unsaturated/α-hetero) is 1. The zero-order valence-corrected chi connectivity index (χ0v) is 17.2. The summed E-state index contributed by atoms with van der Waals surface area (Å²) in [4.78, 5) is 23.0. The molecule has 0 aliphatic carbocycles. The molecule has 8 N–H and O–H groups in total. The predicted octanol–water partition coefficient (Wildman–Crippen LogP) is -1.70. The molecule has 7 atom stereocenters. The Hall–Kier alpha value is -1.14. The molecule has 29 heavy (non-hydrogen) atoms. The molecule has 0 aromatic carbocycles. The van der Waals surface area contributed by atoms with Crippen LogP contribution in [0.3, 0.4) is 0 Å². The number of carbonyl (C=O) groups is 2. The van der Waals surface area contributed by atoms with Gasteiger partial charge in [0.05, 0.1) is 18.7 Å². The highest BCUT2D eigenvalue weighted by Crippen LogP contribution is 2.32. The van der Waals surface area contributed by atoms with Gasteiger partial charge in [0, 0.05) is 6.42 Å². The Morgan fingerprint density at radius 3 is 2.28 bits per heavy atom. The monoisotopic (exact) mass is 420 g/mol. The second-order valence-electron chi connectivity index (χ2n) is 7.86. The normalized spacial score (nSPS) is 31.9. The predicted molar refractivity (Wildman–Crippen MR) is 104 cm³/mol. The maximum atomic E-state index is 11.9. The number of carbonyl (C=O) groups excluding carboxylic acids is 2. The van der Waals surface area contributed by atoms with Crippen molar-refractivity contribution in [3.63, 3.8) is 0 Å². The Morgan fingerprint density at radius 1 is 1.10 bits per heavy atom. The standard InChI is InChI=1S/C19H36N2O8/c1-11(12(2)23)21-18(27)13(20)8-6-4-3-5-7-9-19(28)17(26)16(25)15(24)14(10-22)29-19/h11,13-17,22,24-26,28H,3-10,20H2,1-2H3,(H,21,27)/t11-,13-,14+,15-,16-,17+,19-/m0/s1. The summed E-state index contributed by atoms with van der Waals surface area (Å²) in [5.41, 5.74) is 5.82. The summed E-state index contributed by atoms with van der Waals surface area (Å²) < 4.78 is 5.21. The number of nitrogens with two attached hydrogens (primary N) is 1. The van der Waals surface area contributed by atoms with Crippen LogP contribution in [0.4, 0.5) is 0 Å². The minimum atomic E-state index is -2.03. The summed E-state index contributed by atoms with van der Waals surface area (Å²) in [6.45, 7) is 2.42.